The van der Waals surface area contributed by atoms with Crippen molar-refractivity contribution in [1.82, 2.24) is 5.43 Å². The summed E-state index contributed by atoms with van der Waals surface area (Å²) in [6.45, 7) is 2.03. The SMILES string of the molecule is Cc1ccc(/C=N\NC(=O)CSCc2ccccc2Cl)cc1. The first-order valence-electron chi connectivity index (χ1n) is 6.85. The van der Waals surface area contributed by atoms with Crippen LogP contribution >= 0.6 is 23.4 Å². The lowest BCUT2D eigenvalue weighted by Crippen LogP contribution is -2.19. The molecule has 0 radical (unpaired) electrons. The summed E-state index contributed by atoms with van der Waals surface area (Å²) in [5.41, 5.74) is 5.70. The highest BCUT2D eigenvalue weighted by Gasteiger charge is 2.03. The van der Waals surface area contributed by atoms with Crippen LogP contribution in [0.2, 0.25) is 5.02 Å². The lowest BCUT2D eigenvalue weighted by molar-refractivity contribution is -0.118. The number of nitrogens with one attached hydrogen (secondary N) is 1. The maximum Gasteiger partial charge on any atom is 0.250 e. The van der Waals surface area contributed by atoms with Crippen molar-refractivity contribution in [3.05, 3.63) is 70.2 Å². The fourth-order valence-electron chi connectivity index (χ4n) is 1.73. The zero-order valence-electron chi connectivity index (χ0n) is 12.3. The Bertz CT molecular complexity index is 656. The Labute approximate surface area is 139 Å². The number of hydrogen-bond acceptors (Lipinski definition) is 3. The van der Waals surface area contributed by atoms with Gasteiger partial charge >= 0.3 is 0 Å². The van der Waals surface area contributed by atoms with Gasteiger partial charge in [0.2, 0.25) is 5.91 Å². The minimum atomic E-state index is -0.125. The highest BCUT2D eigenvalue weighted by Crippen LogP contribution is 2.20. The quantitative estimate of drug-likeness (QED) is 0.641. The van der Waals surface area contributed by atoms with Gasteiger partial charge in [0.25, 0.3) is 0 Å². The van der Waals surface area contributed by atoms with Crippen LogP contribution in [0.5, 0.6) is 0 Å². The molecule has 2 rings (SSSR count). The molecule has 0 saturated heterocycles. The van der Waals surface area contributed by atoms with Crippen molar-refractivity contribution in [2.45, 2.75) is 12.7 Å². The number of carbonyl (C=O) groups is 1. The van der Waals surface area contributed by atoms with E-state index in [-0.39, 0.29) is 5.91 Å². The molecule has 0 unspecified atom stereocenters. The fourth-order valence-corrected chi connectivity index (χ4v) is 2.84. The van der Waals surface area contributed by atoms with Crippen LogP contribution < -0.4 is 5.43 Å². The maximum absolute atomic E-state index is 11.7. The summed E-state index contributed by atoms with van der Waals surface area (Å²) in [6, 6.07) is 15.6. The number of hydrazone groups is 1. The van der Waals surface area contributed by atoms with E-state index in [1.54, 1.807) is 6.21 Å². The van der Waals surface area contributed by atoms with Gasteiger partial charge in [0.05, 0.1) is 12.0 Å². The Morgan fingerprint density at radius 2 is 1.95 bits per heavy atom. The highest BCUT2D eigenvalue weighted by atomic mass is 35.5. The fraction of sp³-hybridized carbons (Fsp3) is 0.176. The van der Waals surface area contributed by atoms with Gasteiger partial charge in [0.1, 0.15) is 0 Å². The molecule has 0 spiro atoms. The van der Waals surface area contributed by atoms with Crippen LogP contribution in [0.4, 0.5) is 0 Å². The van der Waals surface area contributed by atoms with Gasteiger partial charge in [0.15, 0.2) is 0 Å². The number of rotatable bonds is 6. The van der Waals surface area contributed by atoms with Crippen molar-refractivity contribution >= 4 is 35.5 Å². The van der Waals surface area contributed by atoms with Crippen molar-refractivity contribution in [3.63, 3.8) is 0 Å². The molecule has 0 saturated carbocycles. The standard InChI is InChI=1S/C17H17ClN2OS/c1-13-6-8-14(9-7-13)10-19-20-17(21)12-22-11-15-4-2-3-5-16(15)18/h2-10H,11-12H2,1H3,(H,20,21)/b19-10-. The molecular formula is C17H17ClN2OS. The minimum Gasteiger partial charge on any atom is -0.272 e. The first kappa shape index (κ1) is 16.6. The van der Waals surface area contributed by atoms with Crippen molar-refractivity contribution in [3.8, 4) is 0 Å². The second kappa shape index (κ2) is 8.61. The van der Waals surface area contributed by atoms with Crippen LogP contribution in [0.3, 0.4) is 0 Å². The van der Waals surface area contributed by atoms with Crippen LogP contribution in [0, 0.1) is 6.92 Å². The monoisotopic (exact) mass is 332 g/mol. The van der Waals surface area contributed by atoms with Crippen LogP contribution in [-0.2, 0) is 10.5 Å². The molecule has 0 aliphatic rings. The first-order valence-corrected chi connectivity index (χ1v) is 8.38. The van der Waals surface area contributed by atoms with E-state index in [0.29, 0.717) is 11.5 Å². The van der Waals surface area contributed by atoms with E-state index in [4.69, 9.17) is 11.6 Å². The number of halogens is 1. The largest absolute Gasteiger partial charge is 0.272 e. The number of aryl methyl sites for hydroxylation is 1. The Hall–Kier alpha value is -1.78. The van der Waals surface area contributed by atoms with E-state index in [0.717, 1.165) is 16.1 Å². The Kier molecular flexibility index (Phi) is 6.49. The third-order valence-corrected chi connectivity index (χ3v) is 4.28. The Morgan fingerprint density at radius 3 is 2.68 bits per heavy atom. The van der Waals surface area contributed by atoms with Crippen LogP contribution in [0.25, 0.3) is 0 Å². The molecule has 0 aromatic heterocycles. The van der Waals surface area contributed by atoms with Gasteiger partial charge in [-0.3, -0.25) is 4.79 Å². The molecule has 0 bridgehead atoms. The molecule has 2 aromatic carbocycles. The summed E-state index contributed by atoms with van der Waals surface area (Å²) in [4.78, 5) is 11.7. The number of benzene rings is 2. The molecule has 2 aromatic rings. The highest BCUT2D eigenvalue weighted by molar-refractivity contribution is 7.99. The number of amides is 1. The molecule has 0 aliphatic heterocycles. The summed E-state index contributed by atoms with van der Waals surface area (Å²) in [6.07, 6.45) is 1.63. The minimum absolute atomic E-state index is 0.125. The first-order chi connectivity index (χ1) is 10.6. The normalized spacial score (nSPS) is 10.8. The zero-order chi connectivity index (χ0) is 15.8. The van der Waals surface area contributed by atoms with E-state index in [2.05, 4.69) is 10.5 Å². The molecule has 0 fully saturated rings. The van der Waals surface area contributed by atoms with E-state index in [1.165, 1.54) is 17.3 Å². The molecular weight excluding hydrogens is 316 g/mol. The zero-order valence-corrected chi connectivity index (χ0v) is 13.8. The third kappa shape index (κ3) is 5.54. The molecule has 3 nitrogen and oxygen atoms in total. The van der Waals surface area contributed by atoms with Gasteiger partial charge in [-0.2, -0.15) is 5.10 Å². The van der Waals surface area contributed by atoms with Crippen molar-refractivity contribution < 1.29 is 4.79 Å². The number of thioether (sulfide) groups is 1. The lowest BCUT2D eigenvalue weighted by atomic mass is 10.2. The van der Waals surface area contributed by atoms with E-state index in [9.17, 15) is 4.79 Å². The summed E-state index contributed by atoms with van der Waals surface area (Å²) in [5, 5.41) is 4.68. The summed E-state index contributed by atoms with van der Waals surface area (Å²) < 4.78 is 0. The molecule has 114 valence electrons. The van der Waals surface area contributed by atoms with Crippen LogP contribution in [0.1, 0.15) is 16.7 Å². The number of hydrogen-bond donors (Lipinski definition) is 1. The van der Waals surface area contributed by atoms with Crippen molar-refractivity contribution in [2.75, 3.05) is 5.75 Å². The summed E-state index contributed by atoms with van der Waals surface area (Å²) in [5.74, 6) is 0.922. The van der Waals surface area contributed by atoms with E-state index >= 15 is 0 Å². The van der Waals surface area contributed by atoms with Gasteiger partial charge in [-0.05, 0) is 24.1 Å². The van der Waals surface area contributed by atoms with Gasteiger partial charge in [-0.15, -0.1) is 11.8 Å². The average Bonchev–Trinajstić information content (AvgIpc) is 2.51. The van der Waals surface area contributed by atoms with Crippen LogP contribution in [-0.4, -0.2) is 17.9 Å². The van der Waals surface area contributed by atoms with Gasteiger partial charge in [0, 0.05) is 10.8 Å². The maximum atomic E-state index is 11.7. The topological polar surface area (TPSA) is 41.5 Å². The number of nitrogens with zero attached hydrogens (tertiary/aromatic N) is 1. The third-order valence-electron chi connectivity index (χ3n) is 2.93. The number of carbonyl (C=O) groups excluding carboxylic acids is 1. The Morgan fingerprint density at radius 1 is 1.23 bits per heavy atom. The lowest BCUT2D eigenvalue weighted by Gasteiger charge is -2.03. The molecule has 5 heteroatoms. The van der Waals surface area contributed by atoms with Crippen molar-refractivity contribution in [2.24, 2.45) is 5.10 Å². The molecule has 1 N–H and O–H groups in total. The molecule has 0 heterocycles. The van der Waals surface area contributed by atoms with Gasteiger partial charge < -0.3 is 0 Å². The van der Waals surface area contributed by atoms with Gasteiger partial charge in [-0.25, -0.2) is 5.43 Å². The van der Waals surface area contributed by atoms with Crippen LogP contribution in [0.15, 0.2) is 53.6 Å². The summed E-state index contributed by atoms with van der Waals surface area (Å²) in [7, 11) is 0. The predicted octanol–water partition coefficient (Wildman–Crippen LogP) is 4.03. The van der Waals surface area contributed by atoms with E-state index < -0.39 is 0 Å². The molecule has 22 heavy (non-hydrogen) atoms. The van der Waals surface area contributed by atoms with Gasteiger partial charge in [-0.1, -0.05) is 59.6 Å². The second-order valence-electron chi connectivity index (χ2n) is 4.79. The molecule has 1 amide bonds. The average molecular weight is 333 g/mol. The molecule has 0 atom stereocenters. The molecule has 0 aliphatic carbocycles. The summed E-state index contributed by atoms with van der Waals surface area (Å²) >= 11 is 7.57. The van der Waals surface area contributed by atoms with Crippen molar-refractivity contribution in [1.29, 1.82) is 0 Å². The van der Waals surface area contributed by atoms with E-state index in [1.807, 2.05) is 55.5 Å². The smallest absolute Gasteiger partial charge is 0.250 e. The second-order valence-corrected chi connectivity index (χ2v) is 6.18. The Balaban J connectivity index is 1.72. The predicted molar refractivity (Wildman–Crippen MR) is 94.5 cm³/mol.